The molecule has 0 saturated carbocycles. The molecule has 5 heteroatoms. The first-order valence-corrected chi connectivity index (χ1v) is 8.90. The molecular weight excluding hydrogens is 298 g/mol. The molecule has 1 aliphatic heterocycles. The molecule has 3 rings (SSSR count). The number of nitrogens with zero attached hydrogens (tertiary/aromatic N) is 4. The topological polar surface area (TPSA) is 45.5 Å². The molecule has 1 saturated heterocycles. The SMILES string of the molecule is CCNC(=NCCCn1ccnc1)N1CCC(c2ccccc2)C1. The van der Waals surface area contributed by atoms with E-state index < -0.39 is 0 Å². The molecule has 1 N–H and O–H groups in total. The van der Waals surface area contributed by atoms with E-state index in [-0.39, 0.29) is 0 Å². The molecule has 0 spiro atoms. The summed E-state index contributed by atoms with van der Waals surface area (Å²) in [5, 5.41) is 3.45. The van der Waals surface area contributed by atoms with Crippen molar-refractivity contribution in [2.45, 2.75) is 32.2 Å². The van der Waals surface area contributed by atoms with Crippen LogP contribution < -0.4 is 5.32 Å². The fourth-order valence-electron chi connectivity index (χ4n) is 3.23. The summed E-state index contributed by atoms with van der Waals surface area (Å²) in [5.41, 5.74) is 1.44. The average Bonchev–Trinajstić information content (AvgIpc) is 3.30. The summed E-state index contributed by atoms with van der Waals surface area (Å²) in [6.07, 6.45) is 7.91. The maximum atomic E-state index is 4.82. The van der Waals surface area contributed by atoms with Crippen LogP contribution in [0.25, 0.3) is 0 Å². The fraction of sp³-hybridized carbons (Fsp3) is 0.474. The molecule has 0 amide bonds. The first-order chi connectivity index (χ1) is 11.9. The Morgan fingerprint density at radius 2 is 2.21 bits per heavy atom. The van der Waals surface area contributed by atoms with Gasteiger partial charge in [0.1, 0.15) is 0 Å². The zero-order valence-electron chi connectivity index (χ0n) is 14.4. The molecule has 0 bridgehead atoms. The van der Waals surface area contributed by atoms with E-state index in [1.165, 1.54) is 12.0 Å². The first-order valence-electron chi connectivity index (χ1n) is 8.90. The Morgan fingerprint density at radius 3 is 2.96 bits per heavy atom. The van der Waals surface area contributed by atoms with Gasteiger partial charge in [0.15, 0.2) is 5.96 Å². The van der Waals surface area contributed by atoms with Crippen LogP contribution in [0.4, 0.5) is 0 Å². The third-order valence-corrected chi connectivity index (χ3v) is 4.49. The minimum Gasteiger partial charge on any atom is -0.357 e. The van der Waals surface area contributed by atoms with Crippen LogP contribution in [-0.2, 0) is 6.54 Å². The number of benzene rings is 1. The van der Waals surface area contributed by atoms with Gasteiger partial charge in [-0.1, -0.05) is 30.3 Å². The standard InChI is InChI=1S/C19H27N5/c1-2-21-19(22-10-6-12-23-14-11-20-16-23)24-13-9-18(15-24)17-7-4-3-5-8-17/h3-5,7-8,11,14,16,18H,2,6,9-10,12-13,15H2,1H3,(H,21,22). The second-order valence-electron chi connectivity index (χ2n) is 6.23. The highest BCUT2D eigenvalue weighted by Crippen LogP contribution is 2.26. The van der Waals surface area contributed by atoms with Crippen molar-refractivity contribution in [2.24, 2.45) is 4.99 Å². The molecule has 1 aliphatic rings. The molecule has 1 unspecified atom stereocenters. The maximum absolute atomic E-state index is 4.82. The number of imidazole rings is 1. The summed E-state index contributed by atoms with van der Waals surface area (Å²) in [6, 6.07) is 10.8. The van der Waals surface area contributed by atoms with Gasteiger partial charge in [0.05, 0.1) is 6.33 Å². The summed E-state index contributed by atoms with van der Waals surface area (Å²) in [7, 11) is 0. The number of guanidine groups is 1. The summed E-state index contributed by atoms with van der Waals surface area (Å²) in [6.45, 7) is 6.98. The highest BCUT2D eigenvalue weighted by Gasteiger charge is 2.25. The average molecular weight is 325 g/mol. The molecule has 2 heterocycles. The number of nitrogens with one attached hydrogen (secondary N) is 1. The van der Waals surface area contributed by atoms with E-state index in [0.717, 1.165) is 45.1 Å². The largest absolute Gasteiger partial charge is 0.357 e. The summed E-state index contributed by atoms with van der Waals surface area (Å²) in [4.78, 5) is 11.3. The molecule has 128 valence electrons. The number of aliphatic imine (C=N–C) groups is 1. The minimum atomic E-state index is 0.612. The van der Waals surface area contributed by atoms with Crippen molar-refractivity contribution in [3.8, 4) is 0 Å². The monoisotopic (exact) mass is 325 g/mol. The van der Waals surface area contributed by atoms with Gasteiger partial charge in [0.25, 0.3) is 0 Å². The normalized spacial score (nSPS) is 18.1. The van der Waals surface area contributed by atoms with Gasteiger partial charge in [-0.15, -0.1) is 0 Å². The molecule has 1 atom stereocenters. The van der Waals surface area contributed by atoms with Crippen molar-refractivity contribution in [2.75, 3.05) is 26.2 Å². The van der Waals surface area contributed by atoms with Crippen molar-refractivity contribution in [1.29, 1.82) is 0 Å². The first kappa shape index (κ1) is 16.6. The van der Waals surface area contributed by atoms with E-state index in [2.05, 4.69) is 57.0 Å². The molecule has 24 heavy (non-hydrogen) atoms. The van der Waals surface area contributed by atoms with Crippen LogP contribution in [0.2, 0.25) is 0 Å². The number of aromatic nitrogens is 2. The van der Waals surface area contributed by atoms with E-state index in [4.69, 9.17) is 4.99 Å². The second kappa shape index (κ2) is 8.52. The lowest BCUT2D eigenvalue weighted by Gasteiger charge is -2.21. The third kappa shape index (κ3) is 4.37. The van der Waals surface area contributed by atoms with Crippen molar-refractivity contribution >= 4 is 5.96 Å². The van der Waals surface area contributed by atoms with E-state index in [9.17, 15) is 0 Å². The molecule has 2 aromatic rings. The van der Waals surface area contributed by atoms with Gasteiger partial charge in [-0.05, 0) is 25.3 Å². The zero-order valence-corrected chi connectivity index (χ0v) is 14.4. The molecule has 1 fully saturated rings. The van der Waals surface area contributed by atoms with Crippen LogP contribution in [0, 0.1) is 0 Å². The Hall–Kier alpha value is -2.30. The van der Waals surface area contributed by atoms with Crippen LogP contribution in [-0.4, -0.2) is 46.6 Å². The number of rotatable bonds is 6. The minimum absolute atomic E-state index is 0.612. The predicted octanol–water partition coefficient (Wildman–Crippen LogP) is 2.73. The number of aryl methyl sites for hydroxylation is 1. The second-order valence-corrected chi connectivity index (χ2v) is 6.23. The lowest BCUT2D eigenvalue weighted by molar-refractivity contribution is 0.485. The highest BCUT2D eigenvalue weighted by molar-refractivity contribution is 5.80. The van der Waals surface area contributed by atoms with Crippen molar-refractivity contribution in [1.82, 2.24) is 19.8 Å². The molecule has 0 radical (unpaired) electrons. The molecule has 1 aromatic carbocycles. The van der Waals surface area contributed by atoms with E-state index in [1.807, 2.05) is 18.7 Å². The smallest absolute Gasteiger partial charge is 0.193 e. The van der Waals surface area contributed by atoms with Crippen molar-refractivity contribution in [3.63, 3.8) is 0 Å². The maximum Gasteiger partial charge on any atom is 0.193 e. The van der Waals surface area contributed by atoms with Crippen molar-refractivity contribution in [3.05, 3.63) is 54.6 Å². The third-order valence-electron chi connectivity index (χ3n) is 4.49. The fourth-order valence-corrected chi connectivity index (χ4v) is 3.23. The number of hydrogen-bond acceptors (Lipinski definition) is 2. The highest BCUT2D eigenvalue weighted by atomic mass is 15.3. The van der Waals surface area contributed by atoms with Gasteiger partial charge in [-0.3, -0.25) is 4.99 Å². The van der Waals surface area contributed by atoms with E-state index in [0.29, 0.717) is 5.92 Å². The number of likely N-dealkylation sites (tertiary alicyclic amines) is 1. The van der Waals surface area contributed by atoms with E-state index in [1.54, 1.807) is 0 Å². The van der Waals surface area contributed by atoms with Gasteiger partial charge in [0.2, 0.25) is 0 Å². The molecule has 5 nitrogen and oxygen atoms in total. The van der Waals surface area contributed by atoms with Crippen molar-refractivity contribution < 1.29 is 0 Å². The number of hydrogen-bond donors (Lipinski definition) is 1. The summed E-state index contributed by atoms with van der Waals surface area (Å²) >= 11 is 0. The lowest BCUT2D eigenvalue weighted by atomic mass is 9.99. The van der Waals surface area contributed by atoms with Gasteiger partial charge in [-0.2, -0.15) is 0 Å². The summed E-state index contributed by atoms with van der Waals surface area (Å²) < 4.78 is 2.10. The Balaban J connectivity index is 1.54. The van der Waals surface area contributed by atoms with Gasteiger partial charge >= 0.3 is 0 Å². The lowest BCUT2D eigenvalue weighted by Crippen LogP contribution is -2.40. The predicted molar refractivity (Wildman–Crippen MR) is 98.2 cm³/mol. The van der Waals surface area contributed by atoms with Crippen LogP contribution in [0.1, 0.15) is 31.2 Å². The zero-order chi connectivity index (χ0) is 16.6. The molecule has 0 aliphatic carbocycles. The Bertz CT molecular complexity index is 620. The Kier molecular flexibility index (Phi) is 5.88. The van der Waals surface area contributed by atoms with E-state index >= 15 is 0 Å². The Labute approximate surface area is 144 Å². The summed E-state index contributed by atoms with van der Waals surface area (Å²) in [5.74, 6) is 1.67. The molecular formula is C19H27N5. The van der Waals surface area contributed by atoms with Gasteiger partial charge in [-0.25, -0.2) is 4.98 Å². The molecule has 1 aromatic heterocycles. The quantitative estimate of drug-likeness (QED) is 0.505. The van der Waals surface area contributed by atoms with Gasteiger partial charge in [0, 0.05) is 51.0 Å². The van der Waals surface area contributed by atoms with Crippen LogP contribution >= 0.6 is 0 Å². The van der Waals surface area contributed by atoms with Crippen LogP contribution in [0.3, 0.4) is 0 Å². The Morgan fingerprint density at radius 1 is 1.33 bits per heavy atom. The van der Waals surface area contributed by atoms with Gasteiger partial charge < -0.3 is 14.8 Å². The van der Waals surface area contributed by atoms with Crippen LogP contribution in [0.15, 0.2) is 54.0 Å². The van der Waals surface area contributed by atoms with Crippen LogP contribution in [0.5, 0.6) is 0 Å².